The summed E-state index contributed by atoms with van der Waals surface area (Å²) in [6, 6.07) is 18.2. The number of methoxy groups -OCH3 is 2. The second-order valence-electron chi connectivity index (χ2n) is 6.11. The number of pyridine rings is 1. The van der Waals surface area contributed by atoms with Crippen molar-refractivity contribution in [3.63, 3.8) is 0 Å². The van der Waals surface area contributed by atoms with E-state index in [9.17, 15) is 4.79 Å². The highest BCUT2D eigenvalue weighted by Gasteiger charge is 2.14. The lowest BCUT2D eigenvalue weighted by atomic mass is 10.1. The summed E-state index contributed by atoms with van der Waals surface area (Å²) in [6.07, 6.45) is 1.69. The molecule has 0 aliphatic heterocycles. The Balaban J connectivity index is 1.61. The molecule has 2 heterocycles. The lowest BCUT2D eigenvalue weighted by Gasteiger charge is -2.11. The van der Waals surface area contributed by atoms with E-state index >= 15 is 0 Å². The second kappa shape index (κ2) is 7.44. The molecular weight excluding hydrogens is 356 g/mol. The fourth-order valence-electron chi connectivity index (χ4n) is 2.95. The van der Waals surface area contributed by atoms with E-state index in [4.69, 9.17) is 13.9 Å². The van der Waals surface area contributed by atoms with Crippen molar-refractivity contribution in [1.29, 1.82) is 0 Å². The van der Waals surface area contributed by atoms with Crippen LogP contribution in [0.4, 0.5) is 5.69 Å². The quantitative estimate of drug-likeness (QED) is 0.545. The SMILES string of the molecule is COc1ccc(C(=O)Nc2cccc(-c3cc4cccnc4o3)c2)c(OC)c1. The van der Waals surface area contributed by atoms with E-state index in [1.807, 2.05) is 42.5 Å². The van der Waals surface area contributed by atoms with Crippen molar-refractivity contribution >= 4 is 22.7 Å². The summed E-state index contributed by atoms with van der Waals surface area (Å²) >= 11 is 0. The third-order valence-corrected chi connectivity index (χ3v) is 4.35. The van der Waals surface area contributed by atoms with Crippen LogP contribution in [0.15, 0.2) is 71.3 Å². The van der Waals surface area contributed by atoms with E-state index in [2.05, 4.69) is 10.3 Å². The second-order valence-corrected chi connectivity index (χ2v) is 6.11. The Morgan fingerprint density at radius 2 is 1.89 bits per heavy atom. The van der Waals surface area contributed by atoms with Crippen LogP contribution < -0.4 is 14.8 Å². The molecule has 0 aliphatic rings. The number of rotatable bonds is 5. The van der Waals surface area contributed by atoms with Gasteiger partial charge in [0.05, 0.1) is 19.8 Å². The minimum absolute atomic E-state index is 0.275. The van der Waals surface area contributed by atoms with Gasteiger partial charge in [0, 0.05) is 28.9 Å². The first kappa shape index (κ1) is 17.6. The van der Waals surface area contributed by atoms with Crippen LogP contribution >= 0.6 is 0 Å². The molecule has 1 N–H and O–H groups in total. The maximum absolute atomic E-state index is 12.7. The van der Waals surface area contributed by atoms with Crippen molar-refractivity contribution in [2.45, 2.75) is 0 Å². The summed E-state index contributed by atoms with van der Waals surface area (Å²) in [6.45, 7) is 0. The first-order valence-electron chi connectivity index (χ1n) is 8.66. The van der Waals surface area contributed by atoms with Crippen molar-refractivity contribution in [3.05, 3.63) is 72.4 Å². The Morgan fingerprint density at radius 1 is 1.00 bits per heavy atom. The number of hydrogen-bond acceptors (Lipinski definition) is 5. The van der Waals surface area contributed by atoms with Gasteiger partial charge < -0.3 is 19.2 Å². The Bertz CT molecular complexity index is 1120. The number of anilines is 1. The maximum atomic E-state index is 12.7. The van der Waals surface area contributed by atoms with Gasteiger partial charge in [0.2, 0.25) is 5.71 Å². The molecule has 4 aromatic rings. The van der Waals surface area contributed by atoms with Gasteiger partial charge in [-0.05, 0) is 42.5 Å². The van der Waals surface area contributed by atoms with Crippen LogP contribution in [0, 0.1) is 0 Å². The Labute approximate surface area is 161 Å². The van der Waals surface area contributed by atoms with Gasteiger partial charge in [0.15, 0.2) is 0 Å². The average molecular weight is 374 g/mol. The lowest BCUT2D eigenvalue weighted by Crippen LogP contribution is -2.13. The van der Waals surface area contributed by atoms with E-state index in [-0.39, 0.29) is 5.91 Å². The van der Waals surface area contributed by atoms with Gasteiger partial charge in [-0.3, -0.25) is 4.79 Å². The molecule has 0 saturated carbocycles. The Hall–Kier alpha value is -3.80. The van der Waals surface area contributed by atoms with Gasteiger partial charge in [0.1, 0.15) is 17.3 Å². The molecule has 6 nitrogen and oxygen atoms in total. The smallest absolute Gasteiger partial charge is 0.259 e. The summed E-state index contributed by atoms with van der Waals surface area (Å²) in [7, 11) is 3.08. The van der Waals surface area contributed by atoms with Crippen LogP contribution in [-0.4, -0.2) is 25.1 Å². The molecule has 28 heavy (non-hydrogen) atoms. The van der Waals surface area contributed by atoms with Crippen LogP contribution in [0.25, 0.3) is 22.4 Å². The zero-order valence-corrected chi connectivity index (χ0v) is 15.4. The number of carbonyl (C=O) groups is 1. The molecule has 0 bridgehead atoms. The maximum Gasteiger partial charge on any atom is 0.259 e. The molecule has 0 atom stereocenters. The third kappa shape index (κ3) is 3.40. The molecule has 0 unspecified atom stereocenters. The first-order valence-corrected chi connectivity index (χ1v) is 8.66. The number of aromatic nitrogens is 1. The number of fused-ring (bicyclic) bond motifs is 1. The van der Waals surface area contributed by atoms with Crippen molar-refractivity contribution in [2.24, 2.45) is 0 Å². The Morgan fingerprint density at radius 3 is 2.68 bits per heavy atom. The first-order chi connectivity index (χ1) is 13.7. The van der Waals surface area contributed by atoms with E-state index in [0.29, 0.717) is 34.2 Å². The number of carbonyl (C=O) groups excluding carboxylic acids is 1. The Kier molecular flexibility index (Phi) is 4.68. The molecule has 2 aromatic carbocycles. The predicted octanol–water partition coefficient (Wildman–Crippen LogP) is 4.76. The summed E-state index contributed by atoms with van der Waals surface area (Å²) in [4.78, 5) is 16.9. The molecule has 6 heteroatoms. The number of nitrogens with zero attached hydrogens (tertiary/aromatic N) is 1. The predicted molar refractivity (Wildman–Crippen MR) is 107 cm³/mol. The van der Waals surface area contributed by atoms with E-state index < -0.39 is 0 Å². The van der Waals surface area contributed by atoms with Gasteiger partial charge in [-0.15, -0.1) is 0 Å². The number of nitrogens with one attached hydrogen (secondary N) is 1. The molecule has 0 aliphatic carbocycles. The van der Waals surface area contributed by atoms with Crippen molar-refractivity contribution in [3.8, 4) is 22.8 Å². The highest BCUT2D eigenvalue weighted by molar-refractivity contribution is 6.06. The molecular formula is C22H18N2O4. The van der Waals surface area contributed by atoms with Crippen LogP contribution in [0.3, 0.4) is 0 Å². The van der Waals surface area contributed by atoms with Gasteiger partial charge in [-0.2, -0.15) is 0 Å². The minimum atomic E-state index is -0.275. The van der Waals surface area contributed by atoms with Crippen molar-refractivity contribution < 1.29 is 18.7 Å². The number of furan rings is 1. The van der Waals surface area contributed by atoms with Gasteiger partial charge >= 0.3 is 0 Å². The van der Waals surface area contributed by atoms with Gasteiger partial charge in [-0.1, -0.05) is 12.1 Å². The largest absolute Gasteiger partial charge is 0.497 e. The molecule has 0 spiro atoms. The third-order valence-electron chi connectivity index (χ3n) is 4.35. The normalized spacial score (nSPS) is 10.6. The van der Waals surface area contributed by atoms with Crippen LogP contribution in [0.5, 0.6) is 11.5 Å². The number of benzene rings is 2. The fourth-order valence-corrected chi connectivity index (χ4v) is 2.95. The summed E-state index contributed by atoms with van der Waals surface area (Å²) in [5.41, 5.74) is 2.49. The van der Waals surface area contributed by atoms with Gasteiger partial charge in [0.25, 0.3) is 5.91 Å². The van der Waals surface area contributed by atoms with Crippen LogP contribution in [0.2, 0.25) is 0 Å². The average Bonchev–Trinajstić information content (AvgIpc) is 3.17. The van der Waals surface area contributed by atoms with Crippen LogP contribution in [-0.2, 0) is 0 Å². The van der Waals surface area contributed by atoms with Crippen molar-refractivity contribution in [1.82, 2.24) is 4.98 Å². The van der Waals surface area contributed by atoms with E-state index in [0.717, 1.165) is 10.9 Å². The van der Waals surface area contributed by atoms with Gasteiger partial charge in [-0.25, -0.2) is 4.98 Å². The molecule has 0 radical (unpaired) electrons. The molecule has 140 valence electrons. The number of ether oxygens (including phenoxy) is 2. The van der Waals surface area contributed by atoms with E-state index in [1.165, 1.54) is 7.11 Å². The highest BCUT2D eigenvalue weighted by atomic mass is 16.5. The summed E-state index contributed by atoms with van der Waals surface area (Å²) < 4.78 is 16.3. The zero-order valence-electron chi connectivity index (χ0n) is 15.4. The van der Waals surface area contributed by atoms with Crippen molar-refractivity contribution in [2.75, 3.05) is 19.5 Å². The molecule has 4 rings (SSSR count). The highest BCUT2D eigenvalue weighted by Crippen LogP contribution is 2.29. The van der Waals surface area contributed by atoms with Crippen LogP contribution in [0.1, 0.15) is 10.4 Å². The topological polar surface area (TPSA) is 73.6 Å². The molecule has 0 fully saturated rings. The lowest BCUT2D eigenvalue weighted by molar-refractivity contribution is 0.102. The fraction of sp³-hybridized carbons (Fsp3) is 0.0909. The zero-order chi connectivity index (χ0) is 19.5. The summed E-state index contributed by atoms with van der Waals surface area (Å²) in [5.74, 6) is 1.47. The molecule has 0 saturated heterocycles. The monoisotopic (exact) mass is 374 g/mol. The minimum Gasteiger partial charge on any atom is -0.497 e. The number of hydrogen-bond donors (Lipinski definition) is 1. The summed E-state index contributed by atoms with van der Waals surface area (Å²) in [5, 5.41) is 3.82. The molecule has 1 amide bonds. The van der Waals surface area contributed by atoms with E-state index in [1.54, 1.807) is 31.5 Å². The number of amides is 1. The molecule has 2 aromatic heterocycles. The standard InChI is InChI=1S/C22H18N2O4/c1-26-17-8-9-18(20(13-17)27-2)21(25)24-16-7-3-5-14(11-16)19-12-15-6-4-10-23-22(15)28-19/h3-13H,1-2H3,(H,24,25).